The van der Waals surface area contributed by atoms with Gasteiger partial charge in [0.1, 0.15) is 18.1 Å². The molecule has 1 aromatic heterocycles. The van der Waals surface area contributed by atoms with Gasteiger partial charge in [-0.2, -0.15) is 0 Å². The third-order valence-corrected chi connectivity index (χ3v) is 3.15. The van der Waals surface area contributed by atoms with E-state index in [1.165, 1.54) is 0 Å². The van der Waals surface area contributed by atoms with Gasteiger partial charge in [-0.1, -0.05) is 6.07 Å². The van der Waals surface area contributed by atoms with Crippen LogP contribution in [0, 0.1) is 10.5 Å². The first-order valence-electron chi connectivity index (χ1n) is 5.59. The highest BCUT2D eigenvalue weighted by Gasteiger charge is 2.14. The Hall–Kier alpha value is -1.54. The fraction of sp³-hybridized carbons (Fsp3) is 0.154. The molecule has 0 aliphatic carbocycles. The van der Waals surface area contributed by atoms with E-state index >= 15 is 0 Å². The molecule has 0 radical (unpaired) electrons. The van der Waals surface area contributed by atoms with Crippen LogP contribution in [0.4, 0.5) is 0 Å². The third-order valence-electron chi connectivity index (χ3n) is 2.48. The van der Waals surface area contributed by atoms with Crippen LogP contribution in [-0.4, -0.2) is 5.91 Å². The van der Waals surface area contributed by atoms with E-state index in [2.05, 4.69) is 22.6 Å². The number of ether oxygens (including phenoxy) is 1. The van der Waals surface area contributed by atoms with Gasteiger partial charge >= 0.3 is 5.91 Å². The number of benzene rings is 1. The van der Waals surface area contributed by atoms with Crippen molar-refractivity contribution in [3.05, 3.63) is 51.0 Å². The first kappa shape index (κ1) is 13.9. The first-order valence-corrected chi connectivity index (χ1v) is 6.66. The average Bonchev–Trinajstić information content (AvgIpc) is 2.77. The number of nitrogens with one attached hydrogen (secondary N) is 1. The summed E-state index contributed by atoms with van der Waals surface area (Å²) in [6, 6.07) is 9.44. The molecule has 0 bridgehead atoms. The standard InChI is InChI=1S/C13H13IN2O3/c1-8-5-11(19-12(8)13(17)16-15)7-18-10-4-2-3-9(14)6-10/h2-6H,7,15H2,1H3,(H,16,17). The lowest BCUT2D eigenvalue weighted by Crippen LogP contribution is -2.30. The molecule has 5 nitrogen and oxygen atoms in total. The number of rotatable bonds is 4. The van der Waals surface area contributed by atoms with Gasteiger partial charge in [-0.3, -0.25) is 10.2 Å². The Labute approximate surface area is 124 Å². The summed E-state index contributed by atoms with van der Waals surface area (Å²) in [5.74, 6) is 6.17. The molecule has 0 unspecified atom stereocenters. The lowest BCUT2D eigenvalue weighted by Gasteiger charge is -2.04. The molecule has 1 heterocycles. The minimum absolute atomic E-state index is 0.212. The average molecular weight is 372 g/mol. The van der Waals surface area contributed by atoms with E-state index < -0.39 is 5.91 Å². The maximum absolute atomic E-state index is 11.4. The van der Waals surface area contributed by atoms with E-state index in [1.54, 1.807) is 13.0 Å². The topological polar surface area (TPSA) is 77.5 Å². The summed E-state index contributed by atoms with van der Waals surface area (Å²) in [7, 11) is 0. The van der Waals surface area contributed by atoms with Gasteiger partial charge in [-0.15, -0.1) is 0 Å². The zero-order chi connectivity index (χ0) is 13.8. The number of nitrogens with two attached hydrogens (primary N) is 1. The number of furan rings is 1. The van der Waals surface area contributed by atoms with Crippen LogP contribution in [0.15, 0.2) is 34.7 Å². The molecule has 0 aliphatic rings. The molecule has 3 N–H and O–H groups in total. The largest absolute Gasteiger partial charge is 0.486 e. The smallest absolute Gasteiger partial charge is 0.301 e. The third kappa shape index (κ3) is 3.48. The van der Waals surface area contributed by atoms with Crippen molar-refractivity contribution in [1.82, 2.24) is 5.43 Å². The minimum Gasteiger partial charge on any atom is -0.486 e. The predicted molar refractivity (Wildman–Crippen MR) is 78.6 cm³/mol. The van der Waals surface area contributed by atoms with E-state index in [9.17, 15) is 4.79 Å². The number of carbonyl (C=O) groups excluding carboxylic acids is 1. The van der Waals surface area contributed by atoms with Crippen molar-refractivity contribution < 1.29 is 13.9 Å². The van der Waals surface area contributed by atoms with Crippen LogP contribution in [0.5, 0.6) is 5.75 Å². The number of carbonyl (C=O) groups is 1. The van der Waals surface area contributed by atoms with E-state index in [0.717, 1.165) is 14.9 Å². The Balaban J connectivity index is 2.06. The highest BCUT2D eigenvalue weighted by Crippen LogP contribution is 2.19. The predicted octanol–water partition coefficient (Wildman–Crippen LogP) is 2.38. The fourth-order valence-electron chi connectivity index (χ4n) is 1.62. The van der Waals surface area contributed by atoms with Crippen molar-refractivity contribution in [3.8, 4) is 5.75 Å². The van der Waals surface area contributed by atoms with Crippen LogP contribution in [0.2, 0.25) is 0 Å². The van der Waals surface area contributed by atoms with Crippen molar-refractivity contribution in [2.45, 2.75) is 13.5 Å². The van der Waals surface area contributed by atoms with Crippen molar-refractivity contribution in [3.63, 3.8) is 0 Å². The lowest BCUT2D eigenvalue weighted by atomic mass is 10.2. The van der Waals surface area contributed by atoms with E-state index in [-0.39, 0.29) is 12.4 Å². The summed E-state index contributed by atoms with van der Waals surface area (Å²) in [4.78, 5) is 11.4. The zero-order valence-corrected chi connectivity index (χ0v) is 12.4. The number of amides is 1. The van der Waals surface area contributed by atoms with Gasteiger partial charge in [0.05, 0.1) is 0 Å². The summed E-state index contributed by atoms with van der Waals surface area (Å²) >= 11 is 2.21. The van der Waals surface area contributed by atoms with Gasteiger partial charge in [0, 0.05) is 9.13 Å². The molecule has 0 aliphatic heterocycles. The molecule has 0 fully saturated rings. The van der Waals surface area contributed by atoms with Crippen LogP contribution < -0.4 is 16.0 Å². The highest BCUT2D eigenvalue weighted by atomic mass is 127. The number of nitrogen functional groups attached to an aromatic ring is 1. The fourth-order valence-corrected chi connectivity index (χ4v) is 2.14. The molecule has 0 saturated carbocycles. The number of hydrogen-bond donors (Lipinski definition) is 2. The Morgan fingerprint density at radius 3 is 2.95 bits per heavy atom. The molecular formula is C13H13IN2O3. The van der Waals surface area contributed by atoms with Gasteiger partial charge in [0.15, 0.2) is 5.76 Å². The SMILES string of the molecule is Cc1cc(COc2cccc(I)c2)oc1C(=O)NN. The van der Waals surface area contributed by atoms with Crippen molar-refractivity contribution in [2.75, 3.05) is 0 Å². The number of hydrogen-bond acceptors (Lipinski definition) is 4. The molecule has 0 saturated heterocycles. The number of aryl methyl sites for hydroxylation is 1. The second kappa shape index (κ2) is 6.07. The second-order valence-electron chi connectivity index (χ2n) is 3.94. The quantitative estimate of drug-likeness (QED) is 0.374. The summed E-state index contributed by atoms with van der Waals surface area (Å²) < 4.78 is 12.1. The van der Waals surface area contributed by atoms with Crippen LogP contribution in [0.25, 0.3) is 0 Å². The number of hydrazine groups is 1. The summed E-state index contributed by atoms with van der Waals surface area (Å²) in [6.07, 6.45) is 0. The summed E-state index contributed by atoms with van der Waals surface area (Å²) in [5.41, 5.74) is 2.77. The maximum atomic E-state index is 11.4. The Bertz CT molecular complexity index is 595. The van der Waals surface area contributed by atoms with Gasteiger partial charge in [0.25, 0.3) is 0 Å². The Kier molecular flexibility index (Phi) is 4.43. The highest BCUT2D eigenvalue weighted by molar-refractivity contribution is 14.1. The normalized spacial score (nSPS) is 10.3. The zero-order valence-electron chi connectivity index (χ0n) is 10.3. The van der Waals surface area contributed by atoms with Crippen molar-refractivity contribution in [2.24, 2.45) is 5.84 Å². The molecule has 19 heavy (non-hydrogen) atoms. The lowest BCUT2D eigenvalue weighted by molar-refractivity contribution is 0.0921. The molecule has 2 aromatic rings. The monoisotopic (exact) mass is 372 g/mol. The van der Waals surface area contributed by atoms with Crippen LogP contribution in [0.3, 0.4) is 0 Å². The number of halogens is 1. The molecule has 1 amide bonds. The summed E-state index contributed by atoms with van der Waals surface area (Å²) in [5, 5.41) is 0. The minimum atomic E-state index is -0.446. The molecule has 2 rings (SSSR count). The van der Waals surface area contributed by atoms with E-state index in [1.807, 2.05) is 29.7 Å². The van der Waals surface area contributed by atoms with Gasteiger partial charge in [-0.05, 0) is 53.8 Å². The summed E-state index contributed by atoms with van der Waals surface area (Å²) in [6.45, 7) is 2.04. The first-order chi connectivity index (χ1) is 9.10. The van der Waals surface area contributed by atoms with Crippen molar-refractivity contribution in [1.29, 1.82) is 0 Å². The van der Waals surface area contributed by atoms with E-state index in [0.29, 0.717) is 5.76 Å². The van der Waals surface area contributed by atoms with Crippen LogP contribution in [0.1, 0.15) is 21.9 Å². The second-order valence-corrected chi connectivity index (χ2v) is 5.19. The molecule has 0 spiro atoms. The maximum Gasteiger partial charge on any atom is 0.301 e. The van der Waals surface area contributed by atoms with Crippen LogP contribution >= 0.6 is 22.6 Å². The van der Waals surface area contributed by atoms with Gasteiger partial charge in [0.2, 0.25) is 0 Å². The van der Waals surface area contributed by atoms with Crippen molar-refractivity contribution >= 4 is 28.5 Å². The van der Waals surface area contributed by atoms with E-state index in [4.69, 9.17) is 15.0 Å². The Morgan fingerprint density at radius 1 is 1.47 bits per heavy atom. The molecule has 100 valence electrons. The van der Waals surface area contributed by atoms with Crippen LogP contribution in [-0.2, 0) is 6.61 Å². The molecular weight excluding hydrogens is 359 g/mol. The molecule has 6 heteroatoms. The Morgan fingerprint density at radius 2 is 2.26 bits per heavy atom. The van der Waals surface area contributed by atoms with Gasteiger partial charge < -0.3 is 9.15 Å². The molecule has 0 atom stereocenters. The van der Waals surface area contributed by atoms with Gasteiger partial charge in [-0.25, -0.2) is 5.84 Å². The molecule has 1 aromatic carbocycles.